The standard InChI is InChI=1S/C21H27FN2O2/c1-15-11-16(2)13-19(12-15)26-14-21(25)23-20(9-10-24(3)4)17-5-7-18(22)8-6-17/h5-8,11-13,20H,9-10,14H2,1-4H3,(H,23,25). The van der Waals surface area contributed by atoms with Gasteiger partial charge >= 0.3 is 0 Å². The van der Waals surface area contributed by atoms with E-state index in [0.717, 1.165) is 29.7 Å². The zero-order valence-electron chi connectivity index (χ0n) is 15.9. The predicted octanol–water partition coefficient (Wildman–Crippen LogP) is 3.63. The van der Waals surface area contributed by atoms with E-state index in [1.165, 1.54) is 12.1 Å². The van der Waals surface area contributed by atoms with Gasteiger partial charge in [0.1, 0.15) is 11.6 Å². The molecule has 4 nitrogen and oxygen atoms in total. The SMILES string of the molecule is Cc1cc(C)cc(OCC(=O)NC(CCN(C)C)c2ccc(F)cc2)c1. The molecule has 1 amide bonds. The Morgan fingerprint density at radius 1 is 1.12 bits per heavy atom. The molecule has 0 aromatic heterocycles. The largest absolute Gasteiger partial charge is 0.484 e. The van der Waals surface area contributed by atoms with E-state index in [-0.39, 0.29) is 24.4 Å². The smallest absolute Gasteiger partial charge is 0.258 e. The van der Waals surface area contributed by atoms with E-state index >= 15 is 0 Å². The molecule has 1 N–H and O–H groups in total. The first kappa shape index (κ1) is 19.9. The Balaban J connectivity index is 1.99. The van der Waals surface area contributed by atoms with Gasteiger partial charge in [0.2, 0.25) is 0 Å². The summed E-state index contributed by atoms with van der Waals surface area (Å²) in [6, 6.07) is 11.9. The molecule has 0 fully saturated rings. The summed E-state index contributed by atoms with van der Waals surface area (Å²) in [6.07, 6.45) is 0.730. The quantitative estimate of drug-likeness (QED) is 0.783. The highest BCUT2D eigenvalue weighted by atomic mass is 19.1. The normalized spacial score (nSPS) is 12.1. The van der Waals surface area contributed by atoms with Gasteiger partial charge in [0.05, 0.1) is 6.04 Å². The third-order valence-corrected chi connectivity index (χ3v) is 4.04. The Morgan fingerprint density at radius 3 is 2.31 bits per heavy atom. The van der Waals surface area contributed by atoms with Gasteiger partial charge in [0.15, 0.2) is 6.61 Å². The summed E-state index contributed by atoms with van der Waals surface area (Å²) in [5.41, 5.74) is 3.07. The minimum Gasteiger partial charge on any atom is -0.484 e. The van der Waals surface area contributed by atoms with Gasteiger partial charge in [-0.25, -0.2) is 4.39 Å². The van der Waals surface area contributed by atoms with E-state index in [4.69, 9.17) is 4.74 Å². The Hall–Kier alpha value is -2.40. The highest BCUT2D eigenvalue weighted by Crippen LogP contribution is 2.19. The lowest BCUT2D eigenvalue weighted by atomic mass is 10.0. The van der Waals surface area contributed by atoms with Gasteiger partial charge in [0, 0.05) is 0 Å². The lowest BCUT2D eigenvalue weighted by Crippen LogP contribution is -2.34. The van der Waals surface area contributed by atoms with Crippen molar-refractivity contribution in [1.82, 2.24) is 10.2 Å². The number of carbonyl (C=O) groups is 1. The van der Waals surface area contributed by atoms with Crippen molar-refractivity contribution in [3.8, 4) is 5.75 Å². The van der Waals surface area contributed by atoms with Crippen molar-refractivity contribution in [2.75, 3.05) is 27.2 Å². The van der Waals surface area contributed by atoms with Gasteiger partial charge in [-0.2, -0.15) is 0 Å². The number of amides is 1. The first-order valence-corrected chi connectivity index (χ1v) is 8.74. The van der Waals surface area contributed by atoms with Crippen LogP contribution in [0.4, 0.5) is 4.39 Å². The molecular weight excluding hydrogens is 331 g/mol. The van der Waals surface area contributed by atoms with Gasteiger partial charge in [-0.1, -0.05) is 18.2 Å². The maximum atomic E-state index is 13.2. The van der Waals surface area contributed by atoms with E-state index in [0.29, 0.717) is 5.75 Å². The molecule has 0 aliphatic carbocycles. The topological polar surface area (TPSA) is 41.6 Å². The van der Waals surface area contributed by atoms with Crippen molar-refractivity contribution in [2.24, 2.45) is 0 Å². The second kappa shape index (κ2) is 9.34. The van der Waals surface area contributed by atoms with Crippen LogP contribution in [-0.4, -0.2) is 38.1 Å². The van der Waals surface area contributed by atoms with Crippen LogP contribution in [-0.2, 0) is 4.79 Å². The van der Waals surface area contributed by atoms with E-state index < -0.39 is 0 Å². The summed E-state index contributed by atoms with van der Waals surface area (Å²) < 4.78 is 18.8. The first-order chi connectivity index (χ1) is 12.3. The maximum absolute atomic E-state index is 13.2. The molecule has 0 spiro atoms. The molecule has 2 rings (SSSR count). The number of rotatable bonds is 8. The fourth-order valence-electron chi connectivity index (χ4n) is 2.81. The molecule has 0 heterocycles. The van der Waals surface area contributed by atoms with Gasteiger partial charge in [-0.05, 0) is 81.9 Å². The van der Waals surface area contributed by atoms with Crippen molar-refractivity contribution in [3.05, 3.63) is 65.0 Å². The summed E-state index contributed by atoms with van der Waals surface area (Å²) in [6.45, 7) is 4.74. The van der Waals surface area contributed by atoms with Crippen LogP contribution in [0.15, 0.2) is 42.5 Å². The van der Waals surface area contributed by atoms with Crippen LogP contribution in [0.3, 0.4) is 0 Å². The number of halogens is 1. The second-order valence-corrected chi connectivity index (χ2v) is 6.88. The minimum atomic E-state index is -0.287. The number of nitrogens with one attached hydrogen (secondary N) is 1. The van der Waals surface area contributed by atoms with Crippen LogP contribution in [0, 0.1) is 19.7 Å². The molecule has 0 bridgehead atoms. The summed E-state index contributed by atoms with van der Waals surface area (Å²) in [4.78, 5) is 14.4. The third-order valence-electron chi connectivity index (χ3n) is 4.04. The summed E-state index contributed by atoms with van der Waals surface area (Å²) >= 11 is 0. The Bertz CT molecular complexity index is 709. The van der Waals surface area contributed by atoms with Crippen molar-refractivity contribution in [1.29, 1.82) is 0 Å². The number of ether oxygens (including phenoxy) is 1. The van der Waals surface area contributed by atoms with Crippen molar-refractivity contribution >= 4 is 5.91 Å². The average molecular weight is 358 g/mol. The number of hydrogen-bond donors (Lipinski definition) is 1. The molecule has 1 atom stereocenters. The van der Waals surface area contributed by atoms with Crippen LogP contribution in [0.25, 0.3) is 0 Å². The molecule has 5 heteroatoms. The Kier molecular flexibility index (Phi) is 7.16. The molecule has 2 aromatic carbocycles. The van der Waals surface area contributed by atoms with Crippen LogP contribution in [0.2, 0.25) is 0 Å². The molecule has 0 saturated heterocycles. The number of benzene rings is 2. The third kappa shape index (κ3) is 6.48. The number of nitrogens with zero attached hydrogens (tertiary/aromatic N) is 1. The van der Waals surface area contributed by atoms with Crippen LogP contribution >= 0.6 is 0 Å². The van der Waals surface area contributed by atoms with Gasteiger partial charge in [0.25, 0.3) is 5.91 Å². The Morgan fingerprint density at radius 2 is 1.73 bits per heavy atom. The van der Waals surface area contributed by atoms with E-state index in [1.807, 2.05) is 40.1 Å². The van der Waals surface area contributed by atoms with Crippen LogP contribution in [0.1, 0.15) is 29.2 Å². The highest BCUT2D eigenvalue weighted by Gasteiger charge is 2.15. The first-order valence-electron chi connectivity index (χ1n) is 8.74. The summed E-state index contributed by atoms with van der Waals surface area (Å²) in [5.74, 6) is 0.200. The van der Waals surface area contributed by atoms with Crippen LogP contribution < -0.4 is 10.1 Å². The molecule has 0 aliphatic heterocycles. The zero-order valence-corrected chi connectivity index (χ0v) is 15.9. The molecule has 2 aromatic rings. The molecule has 140 valence electrons. The summed E-state index contributed by atoms with van der Waals surface area (Å²) in [7, 11) is 3.96. The number of aryl methyl sites for hydroxylation is 2. The lowest BCUT2D eigenvalue weighted by molar-refractivity contribution is -0.123. The van der Waals surface area contributed by atoms with Crippen LogP contribution in [0.5, 0.6) is 5.75 Å². The molecule has 0 radical (unpaired) electrons. The number of carbonyl (C=O) groups excluding carboxylic acids is 1. The predicted molar refractivity (Wildman–Crippen MR) is 102 cm³/mol. The van der Waals surface area contributed by atoms with Crippen molar-refractivity contribution in [2.45, 2.75) is 26.3 Å². The lowest BCUT2D eigenvalue weighted by Gasteiger charge is -2.21. The maximum Gasteiger partial charge on any atom is 0.258 e. The van der Waals surface area contributed by atoms with Crippen molar-refractivity contribution < 1.29 is 13.9 Å². The molecule has 1 unspecified atom stereocenters. The molecular formula is C21H27FN2O2. The second-order valence-electron chi connectivity index (χ2n) is 6.88. The van der Waals surface area contributed by atoms with E-state index in [2.05, 4.69) is 16.3 Å². The van der Waals surface area contributed by atoms with Gasteiger partial charge < -0.3 is 15.0 Å². The average Bonchev–Trinajstić information content (AvgIpc) is 2.56. The monoisotopic (exact) mass is 358 g/mol. The van der Waals surface area contributed by atoms with Gasteiger partial charge in [-0.15, -0.1) is 0 Å². The molecule has 26 heavy (non-hydrogen) atoms. The van der Waals surface area contributed by atoms with Gasteiger partial charge in [-0.3, -0.25) is 4.79 Å². The fraction of sp³-hybridized carbons (Fsp3) is 0.381. The van der Waals surface area contributed by atoms with E-state index in [9.17, 15) is 9.18 Å². The molecule has 0 aliphatic rings. The van der Waals surface area contributed by atoms with E-state index in [1.54, 1.807) is 12.1 Å². The number of hydrogen-bond acceptors (Lipinski definition) is 3. The summed E-state index contributed by atoms with van der Waals surface area (Å²) in [5, 5.41) is 2.99. The minimum absolute atomic E-state index is 0.0530. The van der Waals surface area contributed by atoms with Crippen molar-refractivity contribution in [3.63, 3.8) is 0 Å². The molecule has 0 saturated carbocycles. The Labute approximate surface area is 155 Å². The fourth-order valence-corrected chi connectivity index (χ4v) is 2.81. The zero-order chi connectivity index (χ0) is 19.1. The highest BCUT2D eigenvalue weighted by molar-refractivity contribution is 5.78.